The van der Waals surface area contributed by atoms with Gasteiger partial charge in [0.2, 0.25) is 17.8 Å². The van der Waals surface area contributed by atoms with Crippen molar-refractivity contribution >= 4 is 81.4 Å². The van der Waals surface area contributed by atoms with E-state index in [9.17, 15) is 14.4 Å². The molecule has 2 aromatic carbocycles. The number of carbonyl (C=O) groups excluding carboxylic acids is 2. The minimum atomic E-state index is -1.06. The zero-order chi connectivity index (χ0) is 23.0. The van der Waals surface area contributed by atoms with Crippen molar-refractivity contribution in [3.8, 4) is 0 Å². The highest BCUT2D eigenvalue weighted by Gasteiger charge is 2.35. The summed E-state index contributed by atoms with van der Waals surface area (Å²) in [6, 6.07) is 9.29. The molecule has 0 fully saturated rings. The van der Waals surface area contributed by atoms with Crippen LogP contribution in [-0.4, -0.2) is 21.8 Å². The Hall–Kier alpha value is -2.78. The number of aromatic nitrogens is 2. The molecular formula is C20H13Cl4N5O3. The number of aromatic amines is 1. The van der Waals surface area contributed by atoms with Gasteiger partial charge in [0.25, 0.3) is 5.56 Å². The van der Waals surface area contributed by atoms with Gasteiger partial charge >= 0.3 is 0 Å². The van der Waals surface area contributed by atoms with Crippen molar-refractivity contribution < 1.29 is 9.59 Å². The highest BCUT2D eigenvalue weighted by atomic mass is 35.5. The van der Waals surface area contributed by atoms with E-state index in [2.05, 4.69) is 25.9 Å². The molecule has 164 valence electrons. The van der Waals surface area contributed by atoms with Gasteiger partial charge in [-0.3, -0.25) is 19.4 Å². The number of amides is 2. The fourth-order valence-electron chi connectivity index (χ4n) is 3.18. The van der Waals surface area contributed by atoms with E-state index in [1.54, 1.807) is 18.2 Å². The summed E-state index contributed by atoms with van der Waals surface area (Å²) in [5, 5.41) is 9.37. The quantitative estimate of drug-likeness (QED) is 0.383. The van der Waals surface area contributed by atoms with E-state index >= 15 is 0 Å². The monoisotopic (exact) mass is 511 g/mol. The molecule has 0 bridgehead atoms. The van der Waals surface area contributed by atoms with Crippen molar-refractivity contribution in [1.29, 1.82) is 0 Å². The van der Waals surface area contributed by atoms with Crippen LogP contribution < -0.4 is 21.5 Å². The predicted molar refractivity (Wildman–Crippen MR) is 126 cm³/mol. The van der Waals surface area contributed by atoms with E-state index in [4.69, 9.17) is 46.4 Å². The van der Waals surface area contributed by atoms with Gasteiger partial charge in [-0.2, -0.15) is 4.98 Å². The van der Waals surface area contributed by atoms with Gasteiger partial charge < -0.3 is 16.0 Å². The third-order valence-corrected chi connectivity index (χ3v) is 5.93. The van der Waals surface area contributed by atoms with Crippen LogP contribution in [0.3, 0.4) is 0 Å². The molecular weight excluding hydrogens is 500 g/mol. The average Bonchev–Trinajstić information content (AvgIpc) is 2.72. The number of hydrogen-bond acceptors (Lipinski definition) is 5. The number of H-pyrrole nitrogens is 1. The topological polar surface area (TPSA) is 116 Å². The second-order valence-electron chi connectivity index (χ2n) is 6.85. The van der Waals surface area contributed by atoms with E-state index in [-0.39, 0.29) is 28.8 Å². The fraction of sp³-hybridized carbons (Fsp3) is 0.100. The molecule has 2 heterocycles. The Morgan fingerprint density at radius 1 is 1.00 bits per heavy atom. The lowest BCUT2D eigenvalue weighted by atomic mass is 9.92. The first-order chi connectivity index (χ1) is 15.2. The standard InChI is InChI=1S/C20H13Cl4N5O3/c21-8-1-4-14(13(24)5-8)26-20-28-17-16(19(32)29-20)10(7-15(30)27-17)18(31)25-9-2-3-11(22)12(23)6-9/h1-6,10H,7H2,(H,25,31)(H3,26,27,28,29,30,32)/t10-/m0/s1. The van der Waals surface area contributed by atoms with Crippen LogP contribution in [0.25, 0.3) is 0 Å². The normalized spacial score (nSPS) is 15.0. The summed E-state index contributed by atoms with van der Waals surface area (Å²) in [6.07, 6.45) is -0.222. The maximum atomic E-state index is 12.9. The molecule has 0 unspecified atom stereocenters. The van der Waals surface area contributed by atoms with E-state index in [1.165, 1.54) is 18.2 Å². The van der Waals surface area contributed by atoms with Crippen LogP contribution in [-0.2, 0) is 9.59 Å². The highest BCUT2D eigenvalue weighted by molar-refractivity contribution is 6.42. The first-order valence-electron chi connectivity index (χ1n) is 9.13. The highest BCUT2D eigenvalue weighted by Crippen LogP contribution is 2.32. The molecule has 1 aliphatic heterocycles. The van der Waals surface area contributed by atoms with Crippen molar-refractivity contribution in [3.05, 3.63) is 72.4 Å². The van der Waals surface area contributed by atoms with Crippen LogP contribution in [0.1, 0.15) is 17.9 Å². The summed E-state index contributed by atoms with van der Waals surface area (Å²) >= 11 is 23.9. The summed E-state index contributed by atoms with van der Waals surface area (Å²) in [7, 11) is 0. The molecule has 1 aliphatic rings. The molecule has 12 heteroatoms. The number of carbonyl (C=O) groups is 2. The molecule has 4 rings (SSSR count). The summed E-state index contributed by atoms with van der Waals surface area (Å²) < 4.78 is 0. The first-order valence-corrected chi connectivity index (χ1v) is 10.6. The maximum absolute atomic E-state index is 12.9. The number of benzene rings is 2. The molecule has 0 saturated heterocycles. The van der Waals surface area contributed by atoms with E-state index < -0.39 is 23.3 Å². The third kappa shape index (κ3) is 4.68. The Labute approximate surface area is 201 Å². The van der Waals surface area contributed by atoms with Crippen molar-refractivity contribution in [2.75, 3.05) is 16.0 Å². The van der Waals surface area contributed by atoms with Gasteiger partial charge in [0.1, 0.15) is 5.82 Å². The Morgan fingerprint density at radius 2 is 1.78 bits per heavy atom. The maximum Gasteiger partial charge on any atom is 0.258 e. The zero-order valence-electron chi connectivity index (χ0n) is 15.9. The van der Waals surface area contributed by atoms with Gasteiger partial charge in [0, 0.05) is 17.1 Å². The molecule has 0 aliphatic carbocycles. The zero-order valence-corrected chi connectivity index (χ0v) is 19.0. The van der Waals surface area contributed by atoms with Gasteiger partial charge in [-0.15, -0.1) is 0 Å². The smallest absolute Gasteiger partial charge is 0.258 e. The predicted octanol–water partition coefficient (Wildman–Crippen LogP) is 5.19. The minimum absolute atomic E-state index is 0.0214. The Balaban J connectivity index is 1.64. The Morgan fingerprint density at radius 3 is 2.50 bits per heavy atom. The molecule has 1 atom stereocenters. The summed E-state index contributed by atoms with van der Waals surface area (Å²) in [5.41, 5.74) is 0.263. The van der Waals surface area contributed by atoms with Crippen LogP contribution in [0.5, 0.6) is 0 Å². The van der Waals surface area contributed by atoms with Crippen LogP contribution >= 0.6 is 46.4 Å². The number of anilines is 4. The molecule has 4 N–H and O–H groups in total. The summed E-state index contributed by atoms with van der Waals surface area (Å²) in [6.45, 7) is 0. The largest absolute Gasteiger partial charge is 0.325 e. The van der Waals surface area contributed by atoms with Gasteiger partial charge in [0.15, 0.2) is 0 Å². The molecule has 1 aromatic heterocycles. The third-order valence-electron chi connectivity index (χ3n) is 4.64. The van der Waals surface area contributed by atoms with Gasteiger partial charge in [-0.05, 0) is 36.4 Å². The lowest BCUT2D eigenvalue weighted by molar-refractivity contribution is -0.123. The molecule has 0 saturated carbocycles. The number of nitrogens with one attached hydrogen (secondary N) is 4. The van der Waals surface area contributed by atoms with E-state index in [0.717, 1.165) is 0 Å². The number of halogens is 4. The number of nitrogens with zero attached hydrogens (tertiary/aromatic N) is 1. The molecule has 2 amide bonds. The van der Waals surface area contributed by atoms with Crippen LogP contribution in [0.2, 0.25) is 20.1 Å². The summed E-state index contributed by atoms with van der Waals surface area (Å²) in [4.78, 5) is 44.7. The second kappa shape index (κ2) is 8.99. The average molecular weight is 513 g/mol. The van der Waals surface area contributed by atoms with Crippen LogP contribution in [0.15, 0.2) is 41.2 Å². The Kier molecular flexibility index (Phi) is 6.30. The molecule has 0 radical (unpaired) electrons. The SMILES string of the molecule is O=C1C[C@H](C(=O)Nc2ccc(Cl)c(Cl)c2)c2c(nc(Nc3ccc(Cl)cc3Cl)[nH]c2=O)N1. The van der Waals surface area contributed by atoms with Gasteiger partial charge in [-0.1, -0.05) is 46.4 Å². The van der Waals surface area contributed by atoms with E-state index in [1.807, 2.05) is 0 Å². The molecule has 8 nitrogen and oxygen atoms in total. The fourth-order valence-corrected chi connectivity index (χ4v) is 3.93. The number of hydrogen-bond donors (Lipinski definition) is 4. The lowest BCUT2D eigenvalue weighted by Crippen LogP contribution is -2.36. The van der Waals surface area contributed by atoms with Gasteiger partial charge in [0.05, 0.1) is 32.2 Å². The van der Waals surface area contributed by atoms with Crippen LogP contribution in [0.4, 0.5) is 23.1 Å². The Bertz CT molecular complexity index is 1310. The minimum Gasteiger partial charge on any atom is -0.325 e. The van der Waals surface area contributed by atoms with Crippen molar-refractivity contribution in [1.82, 2.24) is 9.97 Å². The molecule has 0 spiro atoms. The van der Waals surface area contributed by atoms with Gasteiger partial charge in [-0.25, -0.2) is 0 Å². The van der Waals surface area contributed by atoms with Crippen molar-refractivity contribution in [3.63, 3.8) is 0 Å². The van der Waals surface area contributed by atoms with Crippen molar-refractivity contribution in [2.24, 2.45) is 0 Å². The summed E-state index contributed by atoms with van der Waals surface area (Å²) in [5.74, 6) is -2.07. The molecule has 32 heavy (non-hydrogen) atoms. The molecule has 3 aromatic rings. The van der Waals surface area contributed by atoms with Crippen LogP contribution in [0, 0.1) is 0 Å². The second-order valence-corrected chi connectivity index (χ2v) is 8.51. The first kappa shape index (κ1) is 22.4. The number of rotatable bonds is 4. The number of fused-ring (bicyclic) bond motifs is 1. The lowest BCUT2D eigenvalue weighted by Gasteiger charge is -2.23. The van der Waals surface area contributed by atoms with Crippen molar-refractivity contribution in [2.45, 2.75) is 12.3 Å². The van der Waals surface area contributed by atoms with E-state index in [0.29, 0.717) is 26.4 Å².